The van der Waals surface area contributed by atoms with Crippen molar-refractivity contribution in [3.05, 3.63) is 34.9 Å². The van der Waals surface area contributed by atoms with Gasteiger partial charge in [-0.15, -0.1) is 12.4 Å². The van der Waals surface area contributed by atoms with E-state index in [4.69, 9.17) is 0 Å². The molecule has 102 valence electrons. The summed E-state index contributed by atoms with van der Waals surface area (Å²) in [6.45, 7) is 9.21. The Bertz CT molecular complexity index is 379. The fraction of sp³-hybridized carbons (Fsp3) is 0.600. The van der Waals surface area contributed by atoms with Gasteiger partial charge in [0.15, 0.2) is 0 Å². The Morgan fingerprint density at radius 2 is 2.11 bits per heavy atom. The molecule has 3 heteroatoms. The Labute approximate surface area is 117 Å². The topological polar surface area (TPSA) is 15.3 Å². The molecule has 1 atom stereocenters. The van der Waals surface area contributed by atoms with Crippen molar-refractivity contribution in [1.82, 2.24) is 10.2 Å². The smallest absolute Gasteiger partial charge is 0.0236 e. The summed E-state index contributed by atoms with van der Waals surface area (Å²) in [6.07, 6.45) is 1.34. The summed E-state index contributed by atoms with van der Waals surface area (Å²) < 4.78 is 0. The maximum Gasteiger partial charge on any atom is 0.0236 e. The minimum atomic E-state index is 0. The second-order valence-electron chi connectivity index (χ2n) is 5.31. The van der Waals surface area contributed by atoms with Gasteiger partial charge in [0.25, 0.3) is 0 Å². The van der Waals surface area contributed by atoms with Crippen molar-refractivity contribution in [2.75, 3.05) is 26.7 Å². The predicted octanol–water partition coefficient (Wildman–Crippen LogP) is 2.77. The van der Waals surface area contributed by atoms with Gasteiger partial charge in [-0.25, -0.2) is 0 Å². The Kier molecular flexibility index (Phi) is 6.13. The Morgan fingerprint density at radius 1 is 1.33 bits per heavy atom. The SMILES string of the molecule is CNCC1CCN(Cc2cccc(C)c2C)C1.Cl. The quantitative estimate of drug-likeness (QED) is 0.903. The average molecular weight is 269 g/mol. The first-order valence-corrected chi connectivity index (χ1v) is 6.62. The van der Waals surface area contributed by atoms with E-state index in [1.807, 2.05) is 7.05 Å². The lowest BCUT2D eigenvalue weighted by atomic mass is 10.0. The summed E-state index contributed by atoms with van der Waals surface area (Å²) in [4.78, 5) is 2.59. The molecule has 1 fully saturated rings. The van der Waals surface area contributed by atoms with Gasteiger partial charge in [0.2, 0.25) is 0 Å². The van der Waals surface area contributed by atoms with Crippen LogP contribution in [0, 0.1) is 19.8 Å². The second kappa shape index (κ2) is 7.13. The van der Waals surface area contributed by atoms with Gasteiger partial charge in [0.1, 0.15) is 0 Å². The van der Waals surface area contributed by atoms with Crippen LogP contribution in [0.3, 0.4) is 0 Å². The molecule has 0 aliphatic carbocycles. The lowest BCUT2D eigenvalue weighted by Gasteiger charge is -2.18. The number of hydrogen-bond donors (Lipinski definition) is 1. The van der Waals surface area contributed by atoms with E-state index in [0.717, 1.165) is 19.0 Å². The summed E-state index contributed by atoms with van der Waals surface area (Å²) >= 11 is 0. The molecule has 1 heterocycles. The van der Waals surface area contributed by atoms with Crippen molar-refractivity contribution >= 4 is 12.4 Å². The first-order valence-electron chi connectivity index (χ1n) is 6.62. The van der Waals surface area contributed by atoms with E-state index in [2.05, 4.69) is 42.3 Å². The van der Waals surface area contributed by atoms with Gasteiger partial charge >= 0.3 is 0 Å². The highest BCUT2D eigenvalue weighted by Crippen LogP contribution is 2.20. The maximum absolute atomic E-state index is 3.29. The van der Waals surface area contributed by atoms with Gasteiger partial charge in [0.05, 0.1) is 0 Å². The molecule has 1 aromatic carbocycles. The van der Waals surface area contributed by atoms with Crippen molar-refractivity contribution in [2.24, 2.45) is 5.92 Å². The van der Waals surface area contributed by atoms with Gasteiger partial charge in [-0.05, 0) is 63.0 Å². The van der Waals surface area contributed by atoms with Crippen molar-refractivity contribution < 1.29 is 0 Å². The number of likely N-dealkylation sites (tertiary alicyclic amines) is 1. The summed E-state index contributed by atoms with van der Waals surface area (Å²) in [7, 11) is 2.05. The van der Waals surface area contributed by atoms with Crippen LogP contribution in [0.4, 0.5) is 0 Å². The number of halogens is 1. The average Bonchev–Trinajstić information content (AvgIpc) is 2.73. The number of hydrogen-bond acceptors (Lipinski definition) is 2. The predicted molar refractivity (Wildman–Crippen MR) is 80.5 cm³/mol. The Morgan fingerprint density at radius 3 is 2.83 bits per heavy atom. The number of nitrogens with zero attached hydrogens (tertiary/aromatic N) is 1. The molecule has 1 aliphatic rings. The molecule has 2 rings (SSSR count). The van der Waals surface area contributed by atoms with Crippen LogP contribution in [-0.4, -0.2) is 31.6 Å². The molecule has 1 aromatic rings. The fourth-order valence-electron chi connectivity index (χ4n) is 2.74. The van der Waals surface area contributed by atoms with Crippen LogP contribution < -0.4 is 5.32 Å². The fourth-order valence-corrected chi connectivity index (χ4v) is 2.74. The largest absolute Gasteiger partial charge is 0.319 e. The van der Waals surface area contributed by atoms with Crippen molar-refractivity contribution in [2.45, 2.75) is 26.8 Å². The molecule has 0 saturated carbocycles. The molecule has 0 aromatic heterocycles. The molecular formula is C15H25ClN2. The minimum Gasteiger partial charge on any atom is -0.319 e. The van der Waals surface area contributed by atoms with Gasteiger partial charge in [-0.1, -0.05) is 18.2 Å². The maximum atomic E-state index is 3.29. The van der Waals surface area contributed by atoms with Crippen molar-refractivity contribution in [3.63, 3.8) is 0 Å². The lowest BCUT2D eigenvalue weighted by molar-refractivity contribution is 0.315. The van der Waals surface area contributed by atoms with Crippen LogP contribution >= 0.6 is 12.4 Å². The molecule has 1 saturated heterocycles. The van der Waals surface area contributed by atoms with E-state index in [0.29, 0.717) is 0 Å². The zero-order chi connectivity index (χ0) is 12.3. The van der Waals surface area contributed by atoms with E-state index in [-0.39, 0.29) is 12.4 Å². The number of rotatable bonds is 4. The Balaban J connectivity index is 0.00000162. The minimum absolute atomic E-state index is 0. The summed E-state index contributed by atoms with van der Waals surface area (Å²) in [5.74, 6) is 0.838. The van der Waals surface area contributed by atoms with Gasteiger partial charge in [-0.2, -0.15) is 0 Å². The highest BCUT2D eigenvalue weighted by molar-refractivity contribution is 5.85. The van der Waals surface area contributed by atoms with Crippen molar-refractivity contribution in [3.8, 4) is 0 Å². The Hall–Kier alpha value is -0.570. The van der Waals surface area contributed by atoms with E-state index >= 15 is 0 Å². The number of aryl methyl sites for hydroxylation is 1. The first kappa shape index (κ1) is 15.5. The first-order chi connectivity index (χ1) is 8.20. The standard InChI is InChI=1S/C15H24N2.ClH/c1-12-5-4-6-15(13(12)2)11-17-8-7-14(10-17)9-16-3;/h4-6,14,16H,7-11H2,1-3H3;1H. The van der Waals surface area contributed by atoms with Crippen LogP contribution in [0.5, 0.6) is 0 Å². The van der Waals surface area contributed by atoms with Crippen LogP contribution in [0.1, 0.15) is 23.1 Å². The third-order valence-corrected chi connectivity index (χ3v) is 3.97. The second-order valence-corrected chi connectivity index (χ2v) is 5.31. The van der Waals surface area contributed by atoms with Gasteiger partial charge in [0, 0.05) is 13.1 Å². The third-order valence-electron chi connectivity index (χ3n) is 3.97. The van der Waals surface area contributed by atoms with E-state index in [1.54, 1.807) is 0 Å². The molecule has 1 N–H and O–H groups in total. The third kappa shape index (κ3) is 3.71. The van der Waals surface area contributed by atoms with Crippen LogP contribution in [0.2, 0.25) is 0 Å². The van der Waals surface area contributed by atoms with Crippen molar-refractivity contribution in [1.29, 1.82) is 0 Å². The molecular weight excluding hydrogens is 244 g/mol. The molecule has 1 aliphatic heterocycles. The summed E-state index contributed by atoms with van der Waals surface area (Å²) in [5, 5.41) is 3.29. The molecule has 1 unspecified atom stereocenters. The van der Waals surface area contributed by atoms with E-state index in [1.165, 1.54) is 36.2 Å². The van der Waals surface area contributed by atoms with Crippen LogP contribution in [-0.2, 0) is 6.54 Å². The summed E-state index contributed by atoms with van der Waals surface area (Å²) in [5.41, 5.74) is 4.37. The van der Waals surface area contributed by atoms with Gasteiger partial charge in [-0.3, -0.25) is 4.90 Å². The van der Waals surface area contributed by atoms with E-state index < -0.39 is 0 Å². The number of benzene rings is 1. The highest BCUT2D eigenvalue weighted by Gasteiger charge is 2.21. The molecule has 18 heavy (non-hydrogen) atoms. The van der Waals surface area contributed by atoms with E-state index in [9.17, 15) is 0 Å². The van der Waals surface area contributed by atoms with Gasteiger partial charge < -0.3 is 5.32 Å². The molecule has 0 bridgehead atoms. The lowest BCUT2D eigenvalue weighted by Crippen LogP contribution is -2.24. The zero-order valence-corrected chi connectivity index (χ0v) is 12.5. The zero-order valence-electron chi connectivity index (χ0n) is 11.7. The molecule has 0 radical (unpaired) electrons. The monoisotopic (exact) mass is 268 g/mol. The molecule has 0 amide bonds. The molecule has 0 spiro atoms. The highest BCUT2D eigenvalue weighted by atomic mass is 35.5. The summed E-state index contributed by atoms with van der Waals surface area (Å²) in [6, 6.07) is 6.65. The molecule has 2 nitrogen and oxygen atoms in total. The van der Waals surface area contributed by atoms with Crippen LogP contribution in [0.25, 0.3) is 0 Å². The number of nitrogens with one attached hydrogen (secondary N) is 1. The van der Waals surface area contributed by atoms with Crippen LogP contribution in [0.15, 0.2) is 18.2 Å². The normalized spacial score (nSPS) is 19.8.